The lowest BCUT2D eigenvalue weighted by molar-refractivity contribution is -0.121. The first-order chi connectivity index (χ1) is 10.2. The Morgan fingerprint density at radius 3 is 3.14 bits per heavy atom. The van der Waals surface area contributed by atoms with Gasteiger partial charge in [-0.1, -0.05) is 12.1 Å². The molecular weight excluding hydrogens is 268 g/mol. The third-order valence-corrected chi connectivity index (χ3v) is 3.00. The predicted octanol–water partition coefficient (Wildman–Crippen LogP) is 2.09. The van der Waals surface area contributed by atoms with Crippen molar-refractivity contribution in [3.63, 3.8) is 0 Å². The fourth-order valence-corrected chi connectivity index (χ4v) is 2.04. The number of furan rings is 1. The van der Waals surface area contributed by atoms with E-state index in [4.69, 9.17) is 4.42 Å². The molecule has 0 radical (unpaired) electrons. The molecule has 0 atom stereocenters. The van der Waals surface area contributed by atoms with Gasteiger partial charge in [-0.25, -0.2) is 10.4 Å². The Morgan fingerprint density at radius 1 is 1.48 bits per heavy atom. The maximum Gasteiger partial charge on any atom is 0.260 e. The second-order valence-electron chi connectivity index (χ2n) is 4.65. The number of aryl methyl sites for hydroxylation is 1. The van der Waals surface area contributed by atoms with E-state index in [0.717, 1.165) is 22.4 Å². The molecule has 2 heterocycles. The van der Waals surface area contributed by atoms with Gasteiger partial charge >= 0.3 is 0 Å². The molecule has 2 aromatic heterocycles. The summed E-state index contributed by atoms with van der Waals surface area (Å²) in [7, 11) is 0. The minimum Gasteiger partial charge on any atom is -0.469 e. The van der Waals surface area contributed by atoms with E-state index in [-0.39, 0.29) is 12.5 Å². The van der Waals surface area contributed by atoms with Gasteiger partial charge in [0.2, 0.25) is 0 Å². The number of para-hydroxylation sites is 2. The summed E-state index contributed by atoms with van der Waals surface area (Å²) >= 11 is 0. The molecule has 0 aliphatic carbocycles. The van der Waals surface area contributed by atoms with Crippen molar-refractivity contribution in [3.8, 4) is 0 Å². The maximum absolute atomic E-state index is 11.9. The van der Waals surface area contributed by atoms with Crippen molar-refractivity contribution in [1.82, 2.24) is 15.0 Å². The Labute approximate surface area is 121 Å². The van der Waals surface area contributed by atoms with E-state index in [9.17, 15) is 4.79 Å². The van der Waals surface area contributed by atoms with Gasteiger partial charge in [-0.05, 0) is 25.1 Å². The Hall–Kier alpha value is -2.89. The average molecular weight is 282 g/mol. The number of aromatic nitrogens is 2. The van der Waals surface area contributed by atoms with Crippen LogP contribution in [0.25, 0.3) is 11.0 Å². The number of amides is 1. The first-order valence-corrected chi connectivity index (χ1v) is 6.49. The molecule has 0 aliphatic rings. The van der Waals surface area contributed by atoms with Crippen LogP contribution in [0.3, 0.4) is 0 Å². The highest BCUT2D eigenvalue weighted by Gasteiger charge is 2.05. The predicted molar refractivity (Wildman–Crippen MR) is 78.9 cm³/mol. The molecule has 3 rings (SSSR count). The minimum atomic E-state index is -0.213. The molecule has 6 nitrogen and oxygen atoms in total. The zero-order valence-corrected chi connectivity index (χ0v) is 11.5. The Kier molecular flexibility index (Phi) is 3.51. The summed E-state index contributed by atoms with van der Waals surface area (Å²) in [5.41, 5.74) is 5.07. The van der Waals surface area contributed by atoms with Crippen molar-refractivity contribution in [1.29, 1.82) is 0 Å². The van der Waals surface area contributed by atoms with Crippen LogP contribution in [-0.4, -0.2) is 21.7 Å². The molecule has 6 heteroatoms. The maximum atomic E-state index is 11.9. The lowest BCUT2D eigenvalue weighted by Crippen LogP contribution is -2.22. The molecule has 21 heavy (non-hydrogen) atoms. The van der Waals surface area contributed by atoms with Gasteiger partial charge in [0, 0.05) is 5.56 Å². The third-order valence-electron chi connectivity index (χ3n) is 3.00. The number of rotatable bonds is 4. The quantitative estimate of drug-likeness (QED) is 0.588. The molecule has 0 unspecified atom stereocenters. The highest BCUT2D eigenvalue weighted by atomic mass is 16.3. The number of nitrogens with zero attached hydrogens (tertiary/aromatic N) is 3. The number of hydrogen-bond donors (Lipinski definition) is 1. The standard InChI is InChI=1S/C15H14N4O2/c1-11-6-12(9-21-11)7-17-18-15(20)8-19-10-16-13-4-2-3-5-14(13)19/h2-7,9-10H,8H2,1H3,(H,18,20)/b17-7+. The SMILES string of the molecule is Cc1cc(/C=N/NC(=O)Cn2cnc3ccccc32)co1. The van der Waals surface area contributed by atoms with Crippen LogP contribution in [-0.2, 0) is 11.3 Å². The number of hydrazone groups is 1. The zero-order chi connectivity index (χ0) is 14.7. The van der Waals surface area contributed by atoms with Gasteiger partial charge in [-0.3, -0.25) is 4.79 Å². The second kappa shape index (κ2) is 5.62. The van der Waals surface area contributed by atoms with Gasteiger partial charge in [0.05, 0.1) is 29.8 Å². The average Bonchev–Trinajstić information content (AvgIpc) is 3.06. The molecule has 106 valence electrons. The summed E-state index contributed by atoms with van der Waals surface area (Å²) in [6, 6.07) is 9.49. The van der Waals surface area contributed by atoms with Crippen LogP contribution in [0.5, 0.6) is 0 Å². The van der Waals surface area contributed by atoms with Crippen molar-refractivity contribution in [2.75, 3.05) is 0 Å². The van der Waals surface area contributed by atoms with Crippen LogP contribution < -0.4 is 5.43 Å². The molecule has 0 spiro atoms. The summed E-state index contributed by atoms with van der Waals surface area (Å²) in [5.74, 6) is 0.585. The molecule has 0 saturated carbocycles. The normalized spacial score (nSPS) is 11.3. The van der Waals surface area contributed by atoms with E-state index < -0.39 is 0 Å². The van der Waals surface area contributed by atoms with Crippen LogP contribution in [0.4, 0.5) is 0 Å². The summed E-state index contributed by atoms with van der Waals surface area (Å²) < 4.78 is 6.92. The van der Waals surface area contributed by atoms with E-state index >= 15 is 0 Å². The van der Waals surface area contributed by atoms with Gasteiger partial charge in [0.15, 0.2) is 0 Å². The number of nitrogens with one attached hydrogen (secondary N) is 1. The fraction of sp³-hybridized carbons (Fsp3) is 0.133. The molecular formula is C15H14N4O2. The molecule has 0 aliphatic heterocycles. The first-order valence-electron chi connectivity index (χ1n) is 6.49. The molecule has 0 saturated heterocycles. The zero-order valence-electron chi connectivity index (χ0n) is 11.5. The van der Waals surface area contributed by atoms with Crippen molar-refractivity contribution >= 4 is 23.2 Å². The topological polar surface area (TPSA) is 72.4 Å². The summed E-state index contributed by atoms with van der Waals surface area (Å²) in [6.07, 6.45) is 4.77. The van der Waals surface area contributed by atoms with Crippen LogP contribution >= 0.6 is 0 Å². The first kappa shape index (κ1) is 13.1. The highest BCUT2D eigenvalue weighted by molar-refractivity contribution is 5.83. The molecule has 1 N–H and O–H groups in total. The number of imidazole rings is 1. The lowest BCUT2D eigenvalue weighted by Gasteiger charge is -2.02. The Bertz CT molecular complexity index is 801. The van der Waals surface area contributed by atoms with E-state index in [1.807, 2.05) is 37.3 Å². The summed E-state index contributed by atoms with van der Waals surface area (Å²) in [4.78, 5) is 16.1. The van der Waals surface area contributed by atoms with E-state index in [0.29, 0.717) is 0 Å². The van der Waals surface area contributed by atoms with Gasteiger partial charge in [-0.15, -0.1) is 0 Å². The van der Waals surface area contributed by atoms with E-state index in [2.05, 4.69) is 15.5 Å². The van der Waals surface area contributed by atoms with Crippen LogP contribution in [0, 0.1) is 6.92 Å². The van der Waals surface area contributed by atoms with Crippen molar-refractivity contribution in [2.24, 2.45) is 5.10 Å². The summed E-state index contributed by atoms with van der Waals surface area (Å²) in [6.45, 7) is 2.02. The van der Waals surface area contributed by atoms with E-state index in [1.54, 1.807) is 23.4 Å². The van der Waals surface area contributed by atoms with Gasteiger partial charge in [-0.2, -0.15) is 5.10 Å². The molecule has 1 amide bonds. The monoisotopic (exact) mass is 282 g/mol. The molecule has 0 bridgehead atoms. The van der Waals surface area contributed by atoms with Crippen LogP contribution in [0.1, 0.15) is 11.3 Å². The Morgan fingerprint density at radius 2 is 2.33 bits per heavy atom. The number of carbonyl (C=O) groups excluding carboxylic acids is 1. The Balaban J connectivity index is 1.63. The second-order valence-corrected chi connectivity index (χ2v) is 4.65. The van der Waals surface area contributed by atoms with Crippen molar-refractivity contribution < 1.29 is 9.21 Å². The molecule has 3 aromatic rings. The van der Waals surface area contributed by atoms with Gasteiger partial charge in [0.1, 0.15) is 12.3 Å². The summed E-state index contributed by atoms with van der Waals surface area (Å²) in [5, 5.41) is 3.90. The van der Waals surface area contributed by atoms with E-state index in [1.165, 1.54) is 0 Å². The fourth-order valence-electron chi connectivity index (χ4n) is 2.04. The smallest absolute Gasteiger partial charge is 0.260 e. The van der Waals surface area contributed by atoms with Crippen LogP contribution in [0.2, 0.25) is 0 Å². The van der Waals surface area contributed by atoms with Crippen molar-refractivity contribution in [2.45, 2.75) is 13.5 Å². The number of carbonyl (C=O) groups is 1. The van der Waals surface area contributed by atoms with Crippen molar-refractivity contribution in [3.05, 3.63) is 54.2 Å². The number of benzene rings is 1. The number of fused-ring (bicyclic) bond motifs is 1. The van der Waals surface area contributed by atoms with Crippen LogP contribution in [0.15, 0.2) is 52.4 Å². The van der Waals surface area contributed by atoms with Gasteiger partial charge < -0.3 is 8.98 Å². The molecule has 1 aromatic carbocycles. The largest absolute Gasteiger partial charge is 0.469 e. The number of hydrogen-bond acceptors (Lipinski definition) is 4. The molecule has 0 fully saturated rings. The lowest BCUT2D eigenvalue weighted by atomic mass is 10.3. The van der Waals surface area contributed by atoms with Gasteiger partial charge in [0.25, 0.3) is 5.91 Å². The highest BCUT2D eigenvalue weighted by Crippen LogP contribution is 2.11. The third kappa shape index (κ3) is 3.00. The minimum absolute atomic E-state index is 0.169.